The van der Waals surface area contributed by atoms with Gasteiger partial charge in [0.2, 0.25) is 5.91 Å². The van der Waals surface area contributed by atoms with Gasteiger partial charge in [-0.2, -0.15) is 0 Å². The maximum atomic E-state index is 11.6. The molecule has 0 saturated carbocycles. The Morgan fingerprint density at radius 3 is 2.53 bits per heavy atom. The molecule has 1 aliphatic carbocycles. The van der Waals surface area contributed by atoms with Crippen LogP contribution in [0.5, 0.6) is 0 Å². The van der Waals surface area contributed by atoms with E-state index in [1.54, 1.807) is 0 Å². The molecule has 0 fully saturated rings. The van der Waals surface area contributed by atoms with Crippen LogP contribution in [0.4, 0.5) is 0 Å². The van der Waals surface area contributed by atoms with Crippen molar-refractivity contribution in [2.45, 2.75) is 12.8 Å². The van der Waals surface area contributed by atoms with Crippen molar-refractivity contribution < 1.29 is 4.79 Å². The van der Waals surface area contributed by atoms with Gasteiger partial charge in [-0.05, 0) is 29.2 Å². The lowest BCUT2D eigenvalue weighted by molar-refractivity contribution is -0.118. The van der Waals surface area contributed by atoms with Crippen molar-refractivity contribution in [2.75, 3.05) is 0 Å². The molecular weight excluding hydrogens is 210 g/mol. The van der Waals surface area contributed by atoms with Gasteiger partial charge >= 0.3 is 0 Å². The minimum absolute atomic E-state index is 0.278. The molecule has 0 bridgehead atoms. The Kier molecular flexibility index (Phi) is 2.05. The maximum absolute atomic E-state index is 11.6. The summed E-state index contributed by atoms with van der Waals surface area (Å²) in [6, 6.07) is 14.1. The van der Waals surface area contributed by atoms with Crippen molar-refractivity contribution >= 4 is 5.91 Å². The quantitative estimate of drug-likeness (QED) is 0.793. The largest absolute Gasteiger partial charge is 0.369 e. The maximum Gasteiger partial charge on any atom is 0.229 e. The molecule has 2 aromatic rings. The monoisotopic (exact) mass is 223 g/mol. The van der Waals surface area contributed by atoms with E-state index in [1.165, 1.54) is 5.56 Å². The van der Waals surface area contributed by atoms with Gasteiger partial charge in [-0.25, -0.2) is 0 Å². The zero-order chi connectivity index (χ0) is 12.0. The molecule has 3 rings (SSSR count). The summed E-state index contributed by atoms with van der Waals surface area (Å²) in [6.45, 7) is 2.06. The summed E-state index contributed by atoms with van der Waals surface area (Å²) in [6.07, 6.45) is 0. The van der Waals surface area contributed by atoms with Crippen molar-refractivity contribution in [2.24, 2.45) is 5.73 Å². The highest BCUT2D eigenvalue weighted by Gasteiger charge is 2.31. The molecule has 84 valence electrons. The number of rotatable bonds is 1. The van der Waals surface area contributed by atoms with E-state index in [0.717, 1.165) is 22.3 Å². The summed E-state index contributed by atoms with van der Waals surface area (Å²) >= 11 is 0. The first-order valence-corrected chi connectivity index (χ1v) is 5.67. The van der Waals surface area contributed by atoms with Crippen LogP contribution in [0, 0.1) is 6.92 Å². The molecule has 1 atom stereocenters. The standard InChI is InChI=1S/C15H13NO/c1-9-6-7-12-13(8-9)10-4-2-3-5-11(10)14(12)15(16)17/h2-8,14H,1H3,(H2,16,17). The van der Waals surface area contributed by atoms with E-state index in [-0.39, 0.29) is 11.8 Å². The molecule has 0 aliphatic heterocycles. The molecule has 2 N–H and O–H groups in total. The Bertz CT molecular complexity index is 616. The zero-order valence-electron chi connectivity index (χ0n) is 9.60. The SMILES string of the molecule is Cc1ccc2c(c1)-c1ccccc1C2C(N)=O. The Labute approximate surface area is 100 Å². The molecule has 1 aliphatic rings. The fourth-order valence-corrected chi connectivity index (χ4v) is 2.62. The van der Waals surface area contributed by atoms with Crippen LogP contribution in [0.3, 0.4) is 0 Å². The van der Waals surface area contributed by atoms with Crippen molar-refractivity contribution in [3.8, 4) is 11.1 Å². The van der Waals surface area contributed by atoms with Crippen LogP contribution in [0.2, 0.25) is 0 Å². The van der Waals surface area contributed by atoms with Crippen molar-refractivity contribution in [3.63, 3.8) is 0 Å². The summed E-state index contributed by atoms with van der Waals surface area (Å²) < 4.78 is 0. The minimum atomic E-state index is -0.290. The predicted molar refractivity (Wildman–Crippen MR) is 67.7 cm³/mol. The number of benzene rings is 2. The van der Waals surface area contributed by atoms with E-state index in [2.05, 4.69) is 19.1 Å². The number of hydrogen-bond acceptors (Lipinski definition) is 1. The van der Waals surface area contributed by atoms with E-state index in [4.69, 9.17) is 5.73 Å². The lowest BCUT2D eigenvalue weighted by Gasteiger charge is -2.08. The fraction of sp³-hybridized carbons (Fsp3) is 0.133. The first-order chi connectivity index (χ1) is 8.18. The third-order valence-electron chi connectivity index (χ3n) is 3.37. The van der Waals surface area contributed by atoms with E-state index < -0.39 is 0 Å². The predicted octanol–water partition coefficient (Wildman–Crippen LogP) is 2.59. The minimum Gasteiger partial charge on any atom is -0.369 e. The van der Waals surface area contributed by atoms with Gasteiger partial charge in [-0.3, -0.25) is 4.79 Å². The average Bonchev–Trinajstić information content (AvgIpc) is 2.63. The highest BCUT2D eigenvalue weighted by atomic mass is 16.1. The number of aryl methyl sites for hydroxylation is 1. The molecule has 0 spiro atoms. The number of amides is 1. The second-order valence-corrected chi connectivity index (χ2v) is 4.51. The van der Waals surface area contributed by atoms with Gasteiger partial charge in [-0.15, -0.1) is 0 Å². The lowest BCUT2D eigenvalue weighted by Crippen LogP contribution is -2.20. The highest BCUT2D eigenvalue weighted by Crippen LogP contribution is 2.44. The van der Waals surface area contributed by atoms with Crippen LogP contribution < -0.4 is 5.73 Å². The van der Waals surface area contributed by atoms with Gasteiger partial charge in [0, 0.05) is 0 Å². The number of nitrogens with two attached hydrogens (primary N) is 1. The van der Waals surface area contributed by atoms with Gasteiger partial charge in [-0.1, -0.05) is 48.0 Å². The van der Waals surface area contributed by atoms with Gasteiger partial charge in [0.05, 0.1) is 5.92 Å². The van der Waals surface area contributed by atoms with Crippen LogP contribution >= 0.6 is 0 Å². The molecule has 0 saturated heterocycles. The Morgan fingerprint density at radius 2 is 1.76 bits per heavy atom. The van der Waals surface area contributed by atoms with Crippen LogP contribution in [0.1, 0.15) is 22.6 Å². The van der Waals surface area contributed by atoms with Crippen LogP contribution in [-0.4, -0.2) is 5.91 Å². The molecule has 1 amide bonds. The molecule has 0 aromatic heterocycles. The summed E-state index contributed by atoms with van der Waals surface area (Å²) in [7, 11) is 0. The highest BCUT2D eigenvalue weighted by molar-refractivity contribution is 5.95. The topological polar surface area (TPSA) is 43.1 Å². The van der Waals surface area contributed by atoms with E-state index in [0.29, 0.717) is 0 Å². The molecule has 0 heterocycles. The van der Waals surface area contributed by atoms with Gasteiger partial charge in [0.1, 0.15) is 0 Å². The Hall–Kier alpha value is -2.09. The summed E-state index contributed by atoms with van der Waals surface area (Å²) in [4.78, 5) is 11.6. The molecule has 2 nitrogen and oxygen atoms in total. The molecule has 0 radical (unpaired) electrons. The molecular formula is C15H13NO. The van der Waals surface area contributed by atoms with Crippen molar-refractivity contribution in [1.29, 1.82) is 0 Å². The summed E-state index contributed by atoms with van der Waals surface area (Å²) in [5.74, 6) is -0.568. The van der Waals surface area contributed by atoms with Gasteiger partial charge in [0.15, 0.2) is 0 Å². The number of primary amides is 1. The molecule has 1 unspecified atom stereocenters. The molecule has 2 aromatic carbocycles. The fourth-order valence-electron chi connectivity index (χ4n) is 2.62. The first kappa shape index (κ1) is 10.1. The van der Waals surface area contributed by atoms with Crippen LogP contribution in [0.15, 0.2) is 42.5 Å². The smallest absolute Gasteiger partial charge is 0.229 e. The third kappa shape index (κ3) is 1.37. The molecule has 17 heavy (non-hydrogen) atoms. The Balaban J connectivity index is 2.34. The van der Waals surface area contributed by atoms with Crippen molar-refractivity contribution in [3.05, 3.63) is 59.2 Å². The average molecular weight is 223 g/mol. The van der Waals surface area contributed by atoms with Crippen molar-refractivity contribution in [1.82, 2.24) is 0 Å². The summed E-state index contributed by atoms with van der Waals surface area (Å²) in [5, 5.41) is 0. The van der Waals surface area contributed by atoms with E-state index in [1.807, 2.05) is 30.3 Å². The summed E-state index contributed by atoms with van der Waals surface area (Å²) in [5.41, 5.74) is 11.1. The third-order valence-corrected chi connectivity index (χ3v) is 3.37. The van der Waals surface area contributed by atoms with Gasteiger partial charge < -0.3 is 5.73 Å². The number of carbonyl (C=O) groups is 1. The lowest BCUT2D eigenvalue weighted by atomic mass is 9.96. The van der Waals surface area contributed by atoms with Gasteiger partial charge in [0.25, 0.3) is 0 Å². The normalized spacial score (nSPS) is 16.4. The second-order valence-electron chi connectivity index (χ2n) is 4.51. The number of fused-ring (bicyclic) bond motifs is 3. The molecule has 2 heteroatoms. The second kappa shape index (κ2) is 3.45. The first-order valence-electron chi connectivity index (χ1n) is 5.67. The van der Waals surface area contributed by atoms with E-state index in [9.17, 15) is 4.79 Å². The zero-order valence-corrected chi connectivity index (χ0v) is 9.60. The number of hydrogen-bond donors (Lipinski definition) is 1. The Morgan fingerprint density at radius 1 is 1.06 bits per heavy atom. The van der Waals surface area contributed by atoms with Crippen LogP contribution in [-0.2, 0) is 4.79 Å². The van der Waals surface area contributed by atoms with Crippen LogP contribution in [0.25, 0.3) is 11.1 Å². The van der Waals surface area contributed by atoms with E-state index >= 15 is 0 Å². The number of carbonyl (C=O) groups excluding carboxylic acids is 1.